The predicted octanol–water partition coefficient (Wildman–Crippen LogP) is 3.40. The van der Waals surface area contributed by atoms with Gasteiger partial charge in [0.05, 0.1) is 22.6 Å². The van der Waals surface area contributed by atoms with Crippen molar-refractivity contribution in [1.29, 1.82) is 0 Å². The first-order chi connectivity index (χ1) is 17.6. The standard InChI is InChI=1S/C26H25FN4O5S/c1-5-36-19-12-8-17(9-13-19)28-20(32)14-30-25-21(15(2)22(37-25)24(34)29(3)4)23(33)31(26(30)35)18-10-6-16(27)7-11-18/h6-13H,5,14H2,1-4H3,(H,28,32). The summed E-state index contributed by atoms with van der Waals surface area (Å²) in [5.41, 5.74) is -0.391. The van der Waals surface area contributed by atoms with E-state index in [1.54, 1.807) is 45.3 Å². The minimum absolute atomic E-state index is 0.144. The van der Waals surface area contributed by atoms with Crippen molar-refractivity contribution in [1.82, 2.24) is 14.0 Å². The summed E-state index contributed by atoms with van der Waals surface area (Å²) < 4.78 is 21.0. The van der Waals surface area contributed by atoms with Gasteiger partial charge in [0.2, 0.25) is 5.91 Å². The summed E-state index contributed by atoms with van der Waals surface area (Å²) in [6, 6.07) is 11.6. The van der Waals surface area contributed by atoms with E-state index >= 15 is 0 Å². The van der Waals surface area contributed by atoms with Crippen molar-refractivity contribution < 1.29 is 18.7 Å². The molecule has 9 nitrogen and oxygen atoms in total. The molecule has 37 heavy (non-hydrogen) atoms. The number of rotatable bonds is 7. The highest BCUT2D eigenvalue weighted by molar-refractivity contribution is 7.20. The van der Waals surface area contributed by atoms with Gasteiger partial charge in [-0.15, -0.1) is 11.3 Å². The molecular formula is C26H25FN4O5S. The first kappa shape index (κ1) is 25.8. The molecular weight excluding hydrogens is 499 g/mol. The van der Waals surface area contributed by atoms with Crippen molar-refractivity contribution in [3.63, 3.8) is 0 Å². The molecule has 2 heterocycles. The third-order valence-electron chi connectivity index (χ3n) is 5.65. The van der Waals surface area contributed by atoms with E-state index in [0.29, 0.717) is 23.6 Å². The quantitative estimate of drug-likeness (QED) is 0.399. The Hall–Kier alpha value is -4.25. The van der Waals surface area contributed by atoms with Crippen LogP contribution in [-0.4, -0.2) is 46.6 Å². The van der Waals surface area contributed by atoms with Crippen LogP contribution in [0.2, 0.25) is 0 Å². The van der Waals surface area contributed by atoms with E-state index in [0.717, 1.165) is 32.6 Å². The van der Waals surface area contributed by atoms with Gasteiger partial charge in [0, 0.05) is 19.8 Å². The SMILES string of the molecule is CCOc1ccc(NC(=O)Cn2c(=O)n(-c3ccc(F)cc3)c(=O)c3c(C)c(C(=O)N(C)C)sc32)cc1. The monoisotopic (exact) mass is 524 g/mol. The second-order valence-electron chi connectivity index (χ2n) is 8.43. The smallest absolute Gasteiger partial charge is 0.337 e. The van der Waals surface area contributed by atoms with Crippen LogP contribution in [0.4, 0.5) is 10.1 Å². The van der Waals surface area contributed by atoms with Gasteiger partial charge in [0.25, 0.3) is 11.5 Å². The molecule has 0 aliphatic carbocycles. The van der Waals surface area contributed by atoms with Gasteiger partial charge in [-0.25, -0.2) is 13.8 Å². The Morgan fingerprint density at radius 2 is 1.70 bits per heavy atom. The Morgan fingerprint density at radius 3 is 2.30 bits per heavy atom. The third kappa shape index (κ3) is 5.03. The molecule has 1 N–H and O–H groups in total. The molecule has 11 heteroatoms. The Morgan fingerprint density at radius 1 is 1.05 bits per heavy atom. The molecule has 2 aromatic heterocycles. The normalized spacial score (nSPS) is 10.9. The zero-order valence-corrected chi connectivity index (χ0v) is 21.5. The number of amides is 2. The van der Waals surface area contributed by atoms with Gasteiger partial charge in [-0.1, -0.05) is 0 Å². The van der Waals surface area contributed by atoms with Crippen molar-refractivity contribution in [2.75, 3.05) is 26.0 Å². The number of hydrogen-bond donors (Lipinski definition) is 1. The maximum absolute atomic E-state index is 13.6. The fraction of sp³-hybridized carbons (Fsp3) is 0.231. The van der Waals surface area contributed by atoms with Gasteiger partial charge >= 0.3 is 5.69 Å². The maximum atomic E-state index is 13.6. The molecule has 2 amide bonds. The molecule has 0 atom stereocenters. The number of carbonyl (C=O) groups excluding carboxylic acids is 2. The number of halogens is 1. The van der Waals surface area contributed by atoms with E-state index in [1.165, 1.54) is 17.0 Å². The predicted molar refractivity (Wildman–Crippen MR) is 141 cm³/mol. The van der Waals surface area contributed by atoms with E-state index in [9.17, 15) is 23.6 Å². The lowest BCUT2D eigenvalue weighted by molar-refractivity contribution is -0.116. The third-order valence-corrected chi connectivity index (χ3v) is 6.95. The maximum Gasteiger partial charge on any atom is 0.337 e. The largest absolute Gasteiger partial charge is 0.494 e. The van der Waals surface area contributed by atoms with Crippen molar-refractivity contribution in [2.45, 2.75) is 20.4 Å². The van der Waals surface area contributed by atoms with Gasteiger partial charge < -0.3 is 15.0 Å². The Balaban J connectivity index is 1.85. The molecule has 4 rings (SSSR count). The number of aryl methyl sites for hydroxylation is 1. The molecule has 192 valence electrons. The van der Waals surface area contributed by atoms with Gasteiger partial charge in [0.1, 0.15) is 22.9 Å². The van der Waals surface area contributed by atoms with E-state index in [2.05, 4.69) is 5.32 Å². The second kappa shape index (κ2) is 10.4. The molecule has 0 radical (unpaired) electrons. The van der Waals surface area contributed by atoms with Crippen LogP contribution < -0.4 is 21.3 Å². The number of benzene rings is 2. The molecule has 0 fully saturated rings. The topological polar surface area (TPSA) is 103 Å². The summed E-state index contributed by atoms with van der Waals surface area (Å²) in [6.07, 6.45) is 0. The molecule has 0 aliphatic heterocycles. The van der Waals surface area contributed by atoms with Crippen LogP contribution in [0.15, 0.2) is 58.1 Å². The van der Waals surface area contributed by atoms with Gasteiger partial charge in [-0.3, -0.25) is 19.0 Å². The number of anilines is 1. The molecule has 4 aromatic rings. The average Bonchev–Trinajstić information content (AvgIpc) is 3.21. The Bertz CT molecular complexity index is 1600. The second-order valence-corrected chi connectivity index (χ2v) is 9.43. The number of nitrogens with one attached hydrogen (secondary N) is 1. The van der Waals surface area contributed by atoms with Gasteiger partial charge in [0.15, 0.2) is 0 Å². The van der Waals surface area contributed by atoms with Gasteiger partial charge in [-0.05, 0) is 67.9 Å². The van der Waals surface area contributed by atoms with Crippen molar-refractivity contribution in [3.8, 4) is 11.4 Å². The van der Waals surface area contributed by atoms with Crippen molar-refractivity contribution >= 4 is 39.1 Å². The lowest BCUT2D eigenvalue weighted by Crippen LogP contribution is -2.40. The summed E-state index contributed by atoms with van der Waals surface area (Å²) >= 11 is 0.979. The minimum atomic E-state index is -0.781. The van der Waals surface area contributed by atoms with Crippen molar-refractivity contribution in [2.24, 2.45) is 0 Å². The molecule has 2 aromatic carbocycles. The molecule has 0 saturated heterocycles. The highest BCUT2D eigenvalue weighted by atomic mass is 32.1. The molecule has 0 unspecified atom stereocenters. The number of thiophene rings is 1. The number of fused-ring (bicyclic) bond motifs is 1. The molecule has 0 saturated carbocycles. The Kier molecular flexibility index (Phi) is 7.25. The Labute approximate surface area is 215 Å². The van der Waals surface area contributed by atoms with E-state index in [4.69, 9.17) is 4.74 Å². The summed E-state index contributed by atoms with van der Waals surface area (Å²) in [6.45, 7) is 3.58. The fourth-order valence-corrected chi connectivity index (χ4v) is 5.17. The van der Waals surface area contributed by atoms with E-state index in [1.807, 2.05) is 6.92 Å². The fourth-order valence-electron chi connectivity index (χ4n) is 3.86. The van der Waals surface area contributed by atoms with Crippen molar-refractivity contribution in [3.05, 3.63) is 85.6 Å². The van der Waals surface area contributed by atoms with Crippen LogP contribution in [0.3, 0.4) is 0 Å². The molecule has 0 bridgehead atoms. The van der Waals surface area contributed by atoms with Crippen LogP contribution in [-0.2, 0) is 11.3 Å². The number of nitrogens with zero attached hydrogens (tertiary/aromatic N) is 3. The molecule has 0 aliphatic rings. The van der Waals surface area contributed by atoms with Crippen LogP contribution >= 0.6 is 11.3 Å². The average molecular weight is 525 g/mol. The number of hydrogen-bond acceptors (Lipinski definition) is 6. The van der Waals surface area contributed by atoms with E-state index < -0.39 is 29.5 Å². The lowest BCUT2D eigenvalue weighted by Gasteiger charge is -2.13. The highest BCUT2D eigenvalue weighted by Crippen LogP contribution is 2.29. The minimum Gasteiger partial charge on any atom is -0.494 e. The first-order valence-electron chi connectivity index (χ1n) is 11.4. The zero-order chi connectivity index (χ0) is 26.9. The number of aromatic nitrogens is 2. The van der Waals surface area contributed by atoms with Gasteiger partial charge in [-0.2, -0.15) is 0 Å². The zero-order valence-electron chi connectivity index (χ0n) is 20.7. The number of carbonyl (C=O) groups is 2. The van der Waals surface area contributed by atoms with E-state index in [-0.39, 0.29) is 26.7 Å². The highest BCUT2D eigenvalue weighted by Gasteiger charge is 2.25. The van der Waals surface area contributed by atoms with Crippen LogP contribution in [0.25, 0.3) is 15.9 Å². The molecule has 0 spiro atoms. The summed E-state index contributed by atoms with van der Waals surface area (Å²) in [7, 11) is 3.17. The van der Waals surface area contributed by atoms with Crippen LogP contribution in [0, 0.1) is 12.7 Å². The van der Waals surface area contributed by atoms with Crippen LogP contribution in [0.1, 0.15) is 22.2 Å². The summed E-state index contributed by atoms with van der Waals surface area (Å²) in [5.74, 6) is -0.719. The summed E-state index contributed by atoms with van der Waals surface area (Å²) in [4.78, 5) is 54.7. The number of ether oxygens (including phenoxy) is 1. The lowest BCUT2D eigenvalue weighted by atomic mass is 10.2. The summed E-state index contributed by atoms with van der Waals surface area (Å²) in [5, 5.41) is 2.88. The first-order valence-corrected chi connectivity index (χ1v) is 12.2. The van der Waals surface area contributed by atoms with Crippen LogP contribution in [0.5, 0.6) is 5.75 Å².